The highest BCUT2D eigenvalue weighted by molar-refractivity contribution is 6.37. The lowest BCUT2D eigenvalue weighted by molar-refractivity contribution is 0.356. The van der Waals surface area contributed by atoms with Crippen molar-refractivity contribution in [3.63, 3.8) is 0 Å². The van der Waals surface area contributed by atoms with Crippen LogP contribution in [0.3, 0.4) is 0 Å². The molecule has 0 radical (unpaired) electrons. The molecule has 0 fully saturated rings. The van der Waals surface area contributed by atoms with E-state index in [1.807, 2.05) is 31.2 Å². The van der Waals surface area contributed by atoms with E-state index in [2.05, 4.69) is 24.7 Å². The van der Waals surface area contributed by atoms with Crippen molar-refractivity contribution in [2.75, 3.05) is 6.61 Å². The van der Waals surface area contributed by atoms with E-state index >= 15 is 0 Å². The number of ether oxygens (including phenoxy) is 1. The maximum absolute atomic E-state index is 6.10. The number of pyridine rings is 1. The summed E-state index contributed by atoms with van der Waals surface area (Å²) in [5.74, 6) is 0.722. The molecule has 2 aromatic rings. The Morgan fingerprint density at radius 1 is 1.29 bits per heavy atom. The number of nitrogens with zero attached hydrogens (tertiary/aromatic N) is 1. The predicted molar refractivity (Wildman–Crippen MR) is 92.5 cm³/mol. The lowest BCUT2D eigenvalue weighted by Gasteiger charge is -2.08. The van der Waals surface area contributed by atoms with Crippen LogP contribution in [0.1, 0.15) is 6.92 Å². The average Bonchev–Trinajstić information content (AvgIpc) is 2.49. The van der Waals surface area contributed by atoms with Crippen molar-refractivity contribution >= 4 is 34.1 Å². The summed E-state index contributed by atoms with van der Waals surface area (Å²) in [4.78, 5) is 4.23. The zero-order chi connectivity index (χ0) is 15.8. The van der Waals surface area contributed by atoms with Crippen LogP contribution >= 0.6 is 23.2 Å². The van der Waals surface area contributed by atoms with Gasteiger partial charge in [0.1, 0.15) is 17.5 Å². The second kappa shape index (κ2) is 8.50. The van der Waals surface area contributed by atoms with Gasteiger partial charge < -0.3 is 4.74 Å². The van der Waals surface area contributed by atoms with Crippen molar-refractivity contribution in [3.8, 4) is 5.75 Å². The molecule has 0 saturated carbocycles. The van der Waals surface area contributed by atoms with Gasteiger partial charge in [0.15, 0.2) is 0 Å². The van der Waals surface area contributed by atoms with Gasteiger partial charge in [-0.25, -0.2) is 4.98 Å². The summed E-state index contributed by atoms with van der Waals surface area (Å²) in [5, 5.41) is 1.81. The minimum Gasteiger partial charge on any atom is -0.489 e. The highest BCUT2D eigenvalue weighted by Crippen LogP contribution is 2.28. The second-order valence-corrected chi connectivity index (χ2v) is 4.76. The molecule has 0 aliphatic carbocycles. The highest BCUT2D eigenvalue weighted by atomic mass is 35.5. The molecule has 110 valence electrons. The van der Waals surface area contributed by atoms with E-state index in [0.29, 0.717) is 16.8 Å². The van der Waals surface area contributed by atoms with Crippen molar-refractivity contribution < 1.29 is 4.74 Å². The molecule has 2 nitrogen and oxygen atoms in total. The summed E-state index contributed by atoms with van der Waals surface area (Å²) < 4.78 is 5.67. The molecule has 0 aliphatic heterocycles. The molecular formula is C17H17Cl2NO. The standard InChI is InChI=1S/C15H13Cl2NO.C2H4/c1-3-10(4-2)9-19-11-5-6-12-13(16)8-15(17)18-14(12)7-11;1-2/h3-8H,1,9H2,2H3;1-2H2/b10-4+;. The van der Waals surface area contributed by atoms with Gasteiger partial charge in [-0.3, -0.25) is 0 Å². The number of benzene rings is 1. The van der Waals surface area contributed by atoms with Crippen LogP contribution in [0.15, 0.2) is 61.7 Å². The van der Waals surface area contributed by atoms with Crippen LogP contribution in [0.5, 0.6) is 5.75 Å². The fourth-order valence-electron chi connectivity index (χ4n) is 1.65. The minimum absolute atomic E-state index is 0.370. The molecular weight excluding hydrogens is 305 g/mol. The maximum atomic E-state index is 6.10. The fourth-order valence-corrected chi connectivity index (χ4v) is 2.17. The number of allylic oxidation sites excluding steroid dienone is 1. The summed E-state index contributed by atoms with van der Waals surface area (Å²) in [6.07, 6.45) is 3.73. The number of aromatic nitrogens is 1. The molecule has 1 aromatic heterocycles. The monoisotopic (exact) mass is 321 g/mol. The van der Waals surface area contributed by atoms with E-state index in [9.17, 15) is 0 Å². The summed E-state index contributed by atoms with van der Waals surface area (Å²) in [5.41, 5.74) is 1.74. The topological polar surface area (TPSA) is 22.1 Å². The van der Waals surface area contributed by atoms with Gasteiger partial charge in [-0.05, 0) is 30.7 Å². The van der Waals surface area contributed by atoms with Gasteiger partial charge in [-0.1, -0.05) is 41.9 Å². The third-order valence-electron chi connectivity index (χ3n) is 2.74. The van der Waals surface area contributed by atoms with Crippen molar-refractivity contribution in [1.82, 2.24) is 4.98 Å². The normalized spacial score (nSPS) is 10.7. The molecule has 2 rings (SSSR count). The smallest absolute Gasteiger partial charge is 0.131 e. The molecule has 0 spiro atoms. The Hall–Kier alpha value is -1.77. The number of hydrogen-bond donors (Lipinski definition) is 0. The van der Waals surface area contributed by atoms with Crippen molar-refractivity contribution in [3.05, 3.63) is 71.9 Å². The van der Waals surface area contributed by atoms with Gasteiger partial charge in [-0.15, -0.1) is 13.2 Å². The van der Waals surface area contributed by atoms with Gasteiger partial charge in [-0.2, -0.15) is 0 Å². The van der Waals surface area contributed by atoms with Crippen LogP contribution < -0.4 is 4.74 Å². The number of fused-ring (bicyclic) bond motifs is 1. The van der Waals surface area contributed by atoms with E-state index in [4.69, 9.17) is 27.9 Å². The fraction of sp³-hybridized carbons (Fsp3) is 0.118. The van der Waals surface area contributed by atoms with Crippen LogP contribution in [0.2, 0.25) is 10.2 Å². The molecule has 0 atom stereocenters. The van der Waals surface area contributed by atoms with Crippen molar-refractivity contribution in [1.29, 1.82) is 0 Å². The quantitative estimate of drug-likeness (QED) is 0.400. The predicted octanol–water partition coefficient (Wildman–Crippen LogP) is 5.85. The van der Waals surface area contributed by atoms with Gasteiger partial charge in [0.25, 0.3) is 0 Å². The zero-order valence-corrected chi connectivity index (χ0v) is 13.4. The molecule has 0 saturated heterocycles. The molecule has 1 aromatic carbocycles. The average molecular weight is 322 g/mol. The first kappa shape index (κ1) is 17.3. The van der Waals surface area contributed by atoms with E-state index in [0.717, 1.165) is 22.2 Å². The summed E-state index contributed by atoms with van der Waals surface area (Å²) in [6.45, 7) is 12.1. The van der Waals surface area contributed by atoms with Crippen LogP contribution in [0, 0.1) is 0 Å². The number of rotatable bonds is 4. The van der Waals surface area contributed by atoms with Crippen LogP contribution in [0.25, 0.3) is 10.9 Å². The lowest BCUT2D eigenvalue weighted by atomic mass is 10.2. The van der Waals surface area contributed by atoms with E-state index in [-0.39, 0.29) is 0 Å². The molecule has 0 amide bonds. The maximum Gasteiger partial charge on any atom is 0.131 e. The first-order chi connectivity index (χ1) is 10.1. The Morgan fingerprint density at radius 2 is 2.00 bits per heavy atom. The Labute approximate surface area is 135 Å². The molecule has 0 bridgehead atoms. The Kier molecular flexibility index (Phi) is 7.00. The molecule has 1 heterocycles. The Bertz CT molecular complexity index is 665. The van der Waals surface area contributed by atoms with Crippen LogP contribution in [-0.4, -0.2) is 11.6 Å². The molecule has 21 heavy (non-hydrogen) atoms. The van der Waals surface area contributed by atoms with Crippen molar-refractivity contribution in [2.24, 2.45) is 0 Å². The molecule has 0 unspecified atom stereocenters. The van der Waals surface area contributed by atoms with E-state index in [1.54, 1.807) is 12.1 Å². The first-order valence-electron chi connectivity index (χ1n) is 6.30. The van der Waals surface area contributed by atoms with Gasteiger partial charge in [0.2, 0.25) is 0 Å². The molecule has 0 N–H and O–H groups in total. The number of hydrogen-bond acceptors (Lipinski definition) is 2. The summed E-state index contributed by atoms with van der Waals surface area (Å²) >= 11 is 12.0. The molecule has 4 heteroatoms. The zero-order valence-electron chi connectivity index (χ0n) is 11.9. The Morgan fingerprint density at radius 3 is 2.62 bits per heavy atom. The lowest BCUT2D eigenvalue weighted by Crippen LogP contribution is -1.99. The number of halogens is 2. The van der Waals surface area contributed by atoms with Crippen molar-refractivity contribution in [2.45, 2.75) is 6.92 Å². The largest absolute Gasteiger partial charge is 0.489 e. The van der Waals surface area contributed by atoms with E-state index in [1.165, 1.54) is 0 Å². The van der Waals surface area contributed by atoms with Gasteiger partial charge >= 0.3 is 0 Å². The highest BCUT2D eigenvalue weighted by Gasteiger charge is 2.05. The third-order valence-corrected chi connectivity index (χ3v) is 3.24. The van der Waals surface area contributed by atoms with Crippen LogP contribution in [-0.2, 0) is 0 Å². The van der Waals surface area contributed by atoms with Gasteiger partial charge in [0, 0.05) is 11.5 Å². The first-order valence-corrected chi connectivity index (χ1v) is 7.06. The summed E-state index contributed by atoms with van der Waals surface area (Å²) in [6, 6.07) is 7.19. The SMILES string of the molecule is C=C.C=C/C(=C\C)COc1ccc2c(Cl)cc(Cl)nc2c1. The molecule has 0 aliphatic rings. The Balaban J connectivity index is 0.00000106. The third kappa shape index (κ3) is 4.62. The second-order valence-electron chi connectivity index (χ2n) is 3.96. The van der Waals surface area contributed by atoms with E-state index < -0.39 is 0 Å². The van der Waals surface area contributed by atoms with Gasteiger partial charge in [0.05, 0.1) is 10.5 Å². The minimum atomic E-state index is 0.370. The summed E-state index contributed by atoms with van der Waals surface area (Å²) in [7, 11) is 0. The van der Waals surface area contributed by atoms with Crippen LogP contribution in [0.4, 0.5) is 0 Å².